The third kappa shape index (κ3) is 3.31. The molecular weight excluding hydrogens is 228 g/mol. The predicted octanol–water partition coefficient (Wildman–Crippen LogP) is 3.13. The summed E-state index contributed by atoms with van der Waals surface area (Å²) in [6, 6.07) is 10.2. The van der Waals surface area contributed by atoms with Gasteiger partial charge in [-0.25, -0.2) is 0 Å². The van der Waals surface area contributed by atoms with E-state index in [4.69, 9.17) is 14.2 Å². The maximum absolute atomic E-state index is 5.94. The standard InChI is InChI=1S/C15H22O3/c1-3-15(4-2)17-12-14(18-15)11-16-10-13-8-6-5-7-9-13/h5-9,14H,3-4,10-12H2,1-2H3. The van der Waals surface area contributed by atoms with Crippen LogP contribution in [0.1, 0.15) is 32.3 Å². The maximum Gasteiger partial charge on any atom is 0.168 e. The fraction of sp³-hybridized carbons (Fsp3) is 0.600. The first-order chi connectivity index (χ1) is 8.78. The Hall–Kier alpha value is -0.900. The van der Waals surface area contributed by atoms with Crippen LogP contribution in [-0.2, 0) is 20.8 Å². The van der Waals surface area contributed by atoms with Crippen molar-refractivity contribution in [2.45, 2.75) is 45.2 Å². The van der Waals surface area contributed by atoms with Gasteiger partial charge >= 0.3 is 0 Å². The van der Waals surface area contributed by atoms with E-state index in [1.165, 1.54) is 5.56 Å². The molecule has 0 radical (unpaired) electrons. The van der Waals surface area contributed by atoms with Gasteiger partial charge in [0.2, 0.25) is 0 Å². The van der Waals surface area contributed by atoms with E-state index in [9.17, 15) is 0 Å². The average Bonchev–Trinajstić information content (AvgIpc) is 2.84. The molecule has 0 aliphatic carbocycles. The summed E-state index contributed by atoms with van der Waals surface area (Å²) in [6.07, 6.45) is 1.84. The monoisotopic (exact) mass is 250 g/mol. The zero-order valence-corrected chi connectivity index (χ0v) is 11.2. The topological polar surface area (TPSA) is 27.7 Å². The van der Waals surface area contributed by atoms with Crippen LogP contribution in [0.2, 0.25) is 0 Å². The van der Waals surface area contributed by atoms with E-state index in [0.29, 0.717) is 19.8 Å². The Morgan fingerprint density at radius 3 is 2.56 bits per heavy atom. The lowest BCUT2D eigenvalue weighted by molar-refractivity contribution is -0.177. The smallest absolute Gasteiger partial charge is 0.168 e. The number of hydrogen-bond donors (Lipinski definition) is 0. The second-order valence-corrected chi connectivity index (χ2v) is 4.67. The number of benzene rings is 1. The Morgan fingerprint density at radius 1 is 1.22 bits per heavy atom. The van der Waals surface area contributed by atoms with Gasteiger partial charge in [-0.05, 0) is 18.4 Å². The molecule has 3 nitrogen and oxygen atoms in total. The molecule has 0 saturated carbocycles. The van der Waals surface area contributed by atoms with E-state index in [1.54, 1.807) is 0 Å². The molecular formula is C15H22O3. The highest BCUT2D eigenvalue weighted by Crippen LogP contribution is 2.30. The van der Waals surface area contributed by atoms with E-state index in [-0.39, 0.29) is 11.9 Å². The van der Waals surface area contributed by atoms with Crippen LogP contribution < -0.4 is 0 Å². The fourth-order valence-electron chi connectivity index (χ4n) is 2.20. The molecule has 1 aromatic rings. The molecule has 18 heavy (non-hydrogen) atoms. The van der Waals surface area contributed by atoms with E-state index in [0.717, 1.165) is 12.8 Å². The molecule has 100 valence electrons. The van der Waals surface area contributed by atoms with Crippen molar-refractivity contribution in [1.82, 2.24) is 0 Å². The van der Waals surface area contributed by atoms with Gasteiger partial charge in [0.05, 0.1) is 19.8 Å². The van der Waals surface area contributed by atoms with Crippen molar-refractivity contribution in [1.29, 1.82) is 0 Å². The SMILES string of the molecule is CCC1(CC)OCC(COCc2ccccc2)O1. The van der Waals surface area contributed by atoms with E-state index < -0.39 is 0 Å². The third-order valence-corrected chi connectivity index (χ3v) is 3.41. The van der Waals surface area contributed by atoms with Gasteiger partial charge in [-0.3, -0.25) is 0 Å². The van der Waals surface area contributed by atoms with E-state index in [1.807, 2.05) is 18.2 Å². The van der Waals surface area contributed by atoms with Gasteiger partial charge in [0.25, 0.3) is 0 Å². The Kier molecular flexibility index (Phi) is 4.75. The van der Waals surface area contributed by atoms with Crippen LogP contribution in [-0.4, -0.2) is 25.1 Å². The van der Waals surface area contributed by atoms with Crippen LogP contribution in [0.3, 0.4) is 0 Å². The van der Waals surface area contributed by atoms with Crippen molar-refractivity contribution in [3.05, 3.63) is 35.9 Å². The first-order valence-electron chi connectivity index (χ1n) is 6.71. The lowest BCUT2D eigenvalue weighted by Gasteiger charge is -2.24. The average molecular weight is 250 g/mol. The van der Waals surface area contributed by atoms with Crippen molar-refractivity contribution in [3.8, 4) is 0 Å². The lowest BCUT2D eigenvalue weighted by atomic mass is 10.1. The summed E-state index contributed by atoms with van der Waals surface area (Å²) >= 11 is 0. The summed E-state index contributed by atoms with van der Waals surface area (Å²) in [4.78, 5) is 0. The van der Waals surface area contributed by atoms with Crippen LogP contribution in [0.5, 0.6) is 0 Å². The highest BCUT2D eigenvalue weighted by molar-refractivity contribution is 5.13. The van der Waals surface area contributed by atoms with Gasteiger partial charge in [0, 0.05) is 0 Å². The van der Waals surface area contributed by atoms with Crippen molar-refractivity contribution in [2.24, 2.45) is 0 Å². The summed E-state index contributed by atoms with van der Waals surface area (Å²) in [6.45, 7) is 6.05. The number of ether oxygens (including phenoxy) is 3. The van der Waals surface area contributed by atoms with Gasteiger partial charge in [0.15, 0.2) is 5.79 Å². The summed E-state index contributed by atoms with van der Waals surface area (Å²) in [5.41, 5.74) is 1.19. The van der Waals surface area contributed by atoms with Crippen LogP contribution in [0.25, 0.3) is 0 Å². The molecule has 0 N–H and O–H groups in total. The summed E-state index contributed by atoms with van der Waals surface area (Å²) < 4.78 is 17.4. The molecule has 1 unspecified atom stereocenters. The first kappa shape index (κ1) is 13.5. The molecule has 1 saturated heterocycles. The molecule has 0 amide bonds. The van der Waals surface area contributed by atoms with Crippen molar-refractivity contribution in [3.63, 3.8) is 0 Å². The van der Waals surface area contributed by atoms with E-state index in [2.05, 4.69) is 26.0 Å². The zero-order chi connectivity index (χ0) is 12.8. The normalized spacial score (nSPS) is 22.2. The second-order valence-electron chi connectivity index (χ2n) is 4.67. The maximum atomic E-state index is 5.94. The van der Waals surface area contributed by atoms with Crippen LogP contribution in [0.4, 0.5) is 0 Å². The van der Waals surface area contributed by atoms with Gasteiger partial charge in [-0.15, -0.1) is 0 Å². The molecule has 0 bridgehead atoms. The fourth-order valence-corrected chi connectivity index (χ4v) is 2.20. The van der Waals surface area contributed by atoms with Crippen LogP contribution in [0.15, 0.2) is 30.3 Å². The van der Waals surface area contributed by atoms with Crippen molar-refractivity contribution < 1.29 is 14.2 Å². The molecule has 1 aliphatic heterocycles. The van der Waals surface area contributed by atoms with Gasteiger partial charge < -0.3 is 14.2 Å². The predicted molar refractivity (Wildman–Crippen MR) is 70.2 cm³/mol. The van der Waals surface area contributed by atoms with Crippen LogP contribution >= 0.6 is 0 Å². The first-order valence-corrected chi connectivity index (χ1v) is 6.71. The van der Waals surface area contributed by atoms with Gasteiger partial charge in [0.1, 0.15) is 6.10 Å². The van der Waals surface area contributed by atoms with Gasteiger partial charge in [-0.2, -0.15) is 0 Å². The molecule has 0 spiro atoms. The minimum Gasteiger partial charge on any atom is -0.374 e. The Morgan fingerprint density at radius 2 is 1.94 bits per heavy atom. The van der Waals surface area contributed by atoms with Crippen LogP contribution in [0, 0.1) is 0 Å². The third-order valence-electron chi connectivity index (χ3n) is 3.41. The summed E-state index contributed by atoms with van der Waals surface area (Å²) in [5.74, 6) is -0.374. The molecule has 1 atom stereocenters. The molecule has 1 fully saturated rings. The quantitative estimate of drug-likeness (QED) is 0.776. The lowest BCUT2D eigenvalue weighted by Crippen LogP contribution is -2.30. The zero-order valence-electron chi connectivity index (χ0n) is 11.2. The van der Waals surface area contributed by atoms with Crippen molar-refractivity contribution in [2.75, 3.05) is 13.2 Å². The Bertz CT molecular complexity index is 346. The number of hydrogen-bond acceptors (Lipinski definition) is 3. The summed E-state index contributed by atoms with van der Waals surface area (Å²) in [5, 5.41) is 0. The molecule has 2 rings (SSSR count). The summed E-state index contributed by atoms with van der Waals surface area (Å²) in [7, 11) is 0. The Labute approximate surface area is 109 Å². The minimum atomic E-state index is -0.374. The molecule has 1 aliphatic rings. The molecule has 1 aromatic carbocycles. The van der Waals surface area contributed by atoms with E-state index >= 15 is 0 Å². The van der Waals surface area contributed by atoms with Gasteiger partial charge in [-0.1, -0.05) is 44.2 Å². The minimum absolute atomic E-state index is 0.0635. The largest absolute Gasteiger partial charge is 0.374 e. The number of rotatable bonds is 6. The Balaban J connectivity index is 1.73. The highest BCUT2D eigenvalue weighted by Gasteiger charge is 2.38. The molecule has 0 aromatic heterocycles. The van der Waals surface area contributed by atoms with Crippen molar-refractivity contribution >= 4 is 0 Å². The molecule has 3 heteroatoms. The molecule has 1 heterocycles. The highest BCUT2D eigenvalue weighted by atomic mass is 16.7. The second kappa shape index (κ2) is 6.32.